The Morgan fingerprint density at radius 3 is 1.41 bits per heavy atom. The maximum Gasteiger partial charge on any atom is 1.00 e. The summed E-state index contributed by atoms with van der Waals surface area (Å²) in [4.78, 5) is 2.07. The van der Waals surface area contributed by atoms with Gasteiger partial charge in [-0.3, -0.25) is 7.05 Å². The van der Waals surface area contributed by atoms with Crippen LogP contribution in [0.1, 0.15) is 11.1 Å². The molecule has 0 aliphatic heterocycles. The fourth-order valence-electron chi connectivity index (χ4n) is 1.74. The van der Waals surface area contributed by atoms with E-state index in [9.17, 15) is 0 Å². The Bertz CT molecular complexity index is 372. The van der Waals surface area contributed by atoms with Crippen LogP contribution in [0.4, 0.5) is 0 Å². The Kier molecular flexibility index (Phi) is 6.08. The molecule has 0 amide bonds. The summed E-state index contributed by atoms with van der Waals surface area (Å²) in [6.45, 7) is 1.77. The molecule has 0 bridgehead atoms. The van der Waals surface area contributed by atoms with Crippen molar-refractivity contribution in [2.24, 2.45) is 0 Å². The Morgan fingerprint density at radius 1 is 0.706 bits per heavy atom. The van der Waals surface area contributed by atoms with Gasteiger partial charge in [-0.1, -0.05) is 60.7 Å². The number of hydrogen-bond donors (Lipinski definition) is 0. The first kappa shape index (κ1) is 14.1. The predicted octanol–water partition coefficient (Wildman–Crippen LogP) is 0.484. The maximum absolute atomic E-state index is 4.06. The Labute approximate surface area is 116 Å². The van der Waals surface area contributed by atoms with Crippen molar-refractivity contribution in [1.82, 2.24) is 4.90 Å². The fourth-order valence-corrected chi connectivity index (χ4v) is 1.74. The summed E-state index contributed by atoms with van der Waals surface area (Å²) in [6, 6.07) is 20.8. The van der Waals surface area contributed by atoms with Crippen LogP contribution < -0.4 is 18.9 Å². The number of nitrogens with zero attached hydrogens (tertiary/aromatic N) is 1. The van der Waals surface area contributed by atoms with Gasteiger partial charge in [0.05, 0.1) is 0 Å². The van der Waals surface area contributed by atoms with Gasteiger partial charge in [-0.2, -0.15) is 0 Å². The summed E-state index contributed by atoms with van der Waals surface area (Å²) in [5, 5.41) is 0. The van der Waals surface area contributed by atoms with Crippen LogP contribution in [0, 0.1) is 7.05 Å². The van der Waals surface area contributed by atoms with Gasteiger partial charge >= 0.3 is 18.9 Å². The summed E-state index contributed by atoms with van der Waals surface area (Å²) in [5.74, 6) is 0. The first-order valence-electron chi connectivity index (χ1n) is 5.48. The van der Waals surface area contributed by atoms with E-state index in [4.69, 9.17) is 0 Å². The molecule has 2 rings (SSSR count). The second kappa shape index (κ2) is 7.35. The van der Waals surface area contributed by atoms with Crippen LogP contribution in [-0.4, -0.2) is 4.90 Å². The molecule has 1 nitrogen and oxygen atoms in total. The molecule has 0 atom stereocenters. The third kappa shape index (κ3) is 4.79. The summed E-state index contributed by atoms with van der Waals surface area (Å²) in [7, 11) is 4.06. The average molecular weight is 217 g/mol. The van der Waals surface area contributed by atoms with Crippen LogP contribution in [0.15, 0.2) is 60.7 Å². The molecule has 0 fully saturated rings. The zero-order valence-corrected chi connectivity index (χ0v) is 10.3. The van der Waals surface area contributed by atoms with Crippen LogP contribution >= 0.6 is 0 Å². The van der Waals surface area contributed by atoms with E-state index >= 15 is 0 Å². The van der Waals surface area contributed by atoms with Crippen LogP contribution in [-0.2, 0) is 13.1 Å². The van der Waals surface area contributed by atoms with Crippen molar-refractivity contribution < 1.29 is 18.9 Å². The third-order valence-electron chi connectivity index (χ3n) is 2.50. The van der Waals surface area contributed by atoms with E-state index in [1.165, 1.54) is 11.1 Å². The molecular formula is C15H16LiN. The van der Waals surface area contributed by atoms with Gasteiger partial charge in [0.2, 0.25) is 0 Å². The van der Waals surface area contributed by atoms with E-state index in [2.05, 4.69) is 60.5 Å². The summed E-state index contributed by atoms with van der Waals surface area (Å²) >= 11 is 0. The summed E-state index contributed by atoms with van der Waals surface area (Å²) in [6.07, 6.45) is 0. The van der Waals surface area contributed by atoms with Crippen molar-refractivity contribution >= 4 is 0 Å². The standard InChI is InChI=1S/C15H16N.Li/c1-16(12-14-8-4-2-5-9-14)13-15-10-6-3-7-11-15;/h2-11H,1,12-13H2;/q-1;+1. The van der Waals surface area contributed by atoms with Gasteiger partial charge in [0.25, 0.3) is 0 Å². The molecule has 2 heteroatoms. The Balaban J connectivity index is 0.00000144. The predicted molar refractivity (Wildman–Crippen MR) is 67.5 cm³/mol. The molecule has 17 heavy (non-hydrogen) atoms. The summed E-state index contributed by atoms with van der Waals surface area (Å²) < 4.78 is 0. The molecule has 2 aromatic carbocycles. The zero-order chi connectivity index (χ0) is 11.2. The number of benzene rings is 2. The first-order valence-corrected chi connectivity index (χ1v) is 5.48. The maximum atomic E-state index is 4.06. The van der Waals surface area contributed by atoms with Crippen molar-refractivity contribution in [2.75, 3.05) is 0 Å². The molecule has 0 saturated carbocycles. The third-order valence-corrected chi connectivity index (χ3v) is 2.50. The second-order valence-electron chi connectivity index (χ2n) is 3.96. The minimum Gasteiger partial charge on any atom is -0.452 e. The minimum atomic E-state index is 0. The van der Waals surface area contributed by atoms with Crippen molar-refractivity contribution in [2.45, 2.75) is 13.1 Å². The van der Waals surface area contributed by atoms with Gasteiger partial charge < -0.3 is 4.90 Å². The largest absolute Gasteiger partial charge is 1.00 e. The van der Waals surface area contributed by atoms with Crippen molar-refractivity contribution in [3.05, 3.63) is 78.8 Å². The minimum absolute atomic E-state index is 0. The number of rotatable bonds is 4. The van der Waals surface area contributed by atoms with E-state index in [1.807, 2.05) is 12.1 Å². The van der Waals surface area contributed by atoms with Gasteiger partial charge in [-0.05, 0) is 24.2 Å². The van der Waals surface area contributed by atoms with E-state index < -0.39 is 0 Å². The van der Waals surface area contributed by atoms with Gasteiger partial charge in [0, 0.05) is 0 Å². The molecule has 0 radical (unpaired) electrons. The van der Waals surface area contributed by atoms with Gasteiger partial charge in [0.1, 0.15) is 0 Å². The van der Waals surface area contributed by atoms with Crippen molar-refractivity contribution in [3.8, 4) is 0 Å². The molecule has 82 valence electrons. The Morgan fingerprint density at radius 2 is 1.06 bits per heavy atom. The molecule has 0 N–H and O–H groups in total. The first-order chi connectivity index (χ1) is 7.84. The zero-order valence-electron chi connectivity index (χ0n) is 10.3. The normalized spacial score (nSPS) is 10.0. The van der Waals surface area contributed by atoms with E-state index in [1.54, 1.807) is 0 Å². The van der Waals surface area contributed by atoms with Crippen molar-refractivity contribution in [3.63, 3.8) is 0 Å². The fraction of sp³-hybridized carbons (Fsp3) is 0.133. The summed E-state index contributed by atoms with van der Waals surface area (Å²) in [5.41, 5.74) is 2.60. The monoisotopic (exact) mass is 217 g/mol. The molecule has 0 saturated heterocycles. The van der Waals surface area contributed by atoms with E-state index in [0.717, 1.165) is 13.1 Å². The SMILES string of the molecule is [CH2-]N(Cc1ccccc1)Cc1ccccc1.[Li+]. The Hall–Kier alpha value is -1.00. The van der Waals surface area contributed by atoms with Gasteiger partial charge in [-0.25, -0.2) is 0 Å². The second-order valence-corrected chi connectivity index (χ2v) is 3.96. The van der Waals surface area contributed by atoms with E-state index in [-0.39, 0.29) is 18.9 Å². The molecule has 2 aromatic rings. The molecule has 0 heterocycles. The quantitative estimate of drug-likeness (QED) is 0.532. The molecule has 0 aliphatic rings. The molecule has 0 spiro atoms. The van der Waals surface area contributed by atoms with Crippen LogP contribution in [0.2, 0.25) is 0 Å². The number of hydrogen-bond acceptors (Lipinski definition) is 1. The molecular weight excluding hydrogens is 201 g/mol. The van der Waals surface area contributed by atoms with Crippen molar-refractivity contribution in [1.29, 1.82) is 0 Å². The van der Waals surface area contributed by atoms with Crippen LogP contribution in [0.3, 0.4) is 0 Å². The average Bonchev–Trinajstić information content (AvgIpc) is 2.31. The molecule has 0 unspecified atom stereocenters. The molecule has 0 aliphatic carbocycles. The van der Waals surface area contributed by atoms with Gasteiger partial charge in [0.15, 0.2) is 0 Å². The molecule has 0 aromatic heterocycles. The smallest absolute Gasteiger partial charge is 0.452 e. The van der Waals surface area contributed by atoms with Gasteiger partial charge in [-0.15, -0.1) is 0 Å². The van der Waals surface area contributed by atoms with Crippen LogP contribution in [0.25, 0.3) is 0 Å². The topological polar surface area (TPSA) is 3.24 Å². The van der Waals surface area contributed by atoms with E-state index in [0.29, 0.717) is 0 Å². The van der Waals surface area contributed by atoms with Crippen LogP contribution in [0.5, 0.6) is 0 Å².